The van der Waals surface area contributed by atoms with Crippen molar-refractivity contribution in [2.75, 3.05) is 20.2 Å². The van der Waals surface area contributed by atoms with Crippen LogP contribution in [0.3, 0.4) is 0 Å². The summed E-state index contributed by atoms with van der Waals surface area (Å²) in [7, 11) is 1.31. The average Bonchev–Trinajstić information content (AvgIpc) is 2.82. The number of hydrogen-bond donors (Lipinski definition) is 1. The first kappa shape index (κ1) is 21.5. The average molecular weight is 409 g/mol. The summed E-state index contributed by atoms with van der Waals surface area (Å²) in [5.41, 5.74) is 2.17. The Kier molecular flexibility index (Phi) is 7.54. The van der Waals surface area contributed by atoms with Gasteiger partial charge >= 0.3 is 5.97 Å². The Labute approximate surface area is 176 Å². The number of esters is 1. The van der Waals surface area contributed by atoms with Gasteiger partial charge < -0.3 is 15.0 Å². The molecule has 0 spiro atoms. The third-order valence-corrected chi connectivity index (χ3v) is 5.24. The molecule has 0 radical (unpaired) electrons. The molecule has 30 heavy (non-hydrogen) atoms. The van der Waals surface area contributed by atoms with Crippen LogP contribution in [-0.2, 0) is 14.3 Å². The third-order valence-electron chi connectivity index (χ3n) is 5.24. The predicted molar refractivity (Wildman–Crippen MR) is 113 cm³/mol. The van der Waals surface area contributed by atoms with Gasteiger partial charge in [-0.2, -0.15) is 0 Å². The molecule has 1 atom stereocenters. The number of amides is 2. The van der Waals surface area contributed by atoms with E-state index in [0.29, 0.717) is 18.7 Å². The fourth-order valence-electron chi connectivity index (χ4n) is 3.52. The molecule has 2 heterocycles. The molecule has 7 heteroatoms. The first-order valence-corrected chi connectivity index (χ1v) is 10.3. The van der Waals surface area contributed by atoms with E-state index in [2.05, 4.69) is 15.0 Å². The van der Waals surface area contributed by atoms with Crippen molar-refractivity contribution < 1.29 is 19.1 Å². The minimum Gasteiger partial charge on any atom is -0.469 e. The van der Waals surface area contributed by atoms with E-state index in [1.165, 1.54) is 7.11 Å². The van der Waals surface area contributed by atoms with Gasteiger partial charge in [-0.25, -0.2) is 0 Å². The van der Waals surface area contributed by atoms with E-state index in [-0.39, 0.29) is 24.7 Å². The molecule has 0 unspecified atom stereocenters. The van der Waals surface area contributed by atoms with Crippen LogP contribution < -0.4 is 5.32 Å². The molecule has 2 amide bonds. The second kappa shape index (κ2) is 10.5. The molecular weight excluding hydrogens is 382 g/mol. The molecule has 1 saturated heterocycles. The maximum Gasteiger partial charge on any atom is 0.305 e. The van der Waals surface area contributed by atoms with Crippen molar-refractivity contribution in [2.45, 2.75) is 38.1 Å². The van der Waals surface area contributed by atoms with E-state index >= 15 is 0 Å². The van der Waals surface area contributed by atoms with Gasteiger partial charge in [-0.15, -0.1) is 0 Å². The van der Waals surface area contributed by atoms with E-state index < -0.39 is 12.0 Å². The summed E-state index contributed by atoms with van der Waals surface area (Å²) >= 11 is 0. The highest BCUT2D eigenvalue weighted by molar-refractivity contribution is 5.98. The van der Waals surface area contributed by atoms with E-state index in [0.717, 1.165) is 30.5 Å². The lowest BCUT2D eigenvalue weighted by Crippen LogP contribution is -2.50. The molecule has 158 valence electrons. The van der Waals surface area contributed by atoms with Crippen molar-refractivity contribution in [2.24, 2.45) is 0 Å². The lowest BCUT2D eigenvalue weighted by Gasteiger charge is -2.30. The topological polar surface area (TPSA) is 88.6 Å². The fourth-order valence-corrected chi connectivity index (χ4v) is 3.52. The second-order valence-corrected chi connectivity index (χ2v) is 7.32. The molecule has 3 rings (SSSR count). The van der Waals surface area contributed by atoms with Crippen LogP contribution in [0.5, 0.6) is 0 Å². The zero-order valence-corrected chi connectivity index (χ0v) is 17.2. The van der Waals surface area contributed by atoms with E-state index in [1.54, 1.807) is 23.2 Å². The van der Waals surface area contributed by atoms with Crippen molar-refractivity contribution in [3.05, 3.63) is 54.2 Å². The Balaban J connectivity index is 1.69. The van der Waals surface area contributed by atoms with Crippen molar-refractivity contribution in [3.8, 4) is 11.3 Å². The summed E-state index contributed by atoms with van der Waals surface area (Å²) in [4.78, 5) is 43.4. The van der Waals surface area contributed by atoms with Gasteiger partial charge in [0.05, 0.1) is 12.8 Å². The van der Waals surface area contributed by atoms with E-state index in [4.69, 9.17) is 0 Å². The summed E-state index contributed by atoms with van der Waals surface area (Å²) in [6.07, 6.45) is 5.01. The number of carbonyl (C=O) groups excluding carboxylic acids is 3. The number of benzene rings is 1. The lowest BCUT2D eigenvalue weighted by molar-refractivity contribution is -0.141. The van der Waals surface area contributed by atoms with Gasteiger partial charge in [0.1, 0.15) is 6.04 Å². The SMILES string of the molecule is COC(=O)CC[C@H](NC(=O)c1ccc(-c2ccccn2)cc1)C(=O)N1CCCCC1. The van der Waals surface area contributed by atoms with Crippen LogP contribution in [0, 0.1) is 0 Å². The molecule has 2 aromatic rings. The highest BCUT2D eigenvalue weighted by Gasteiger charge is 2.28. The van der Waals surface area contributed by atoms with Gasteiger partial charge in [-0.05, 0) is 49.9 Å². The van der Waals surface area contributed by atoms with Crippen molar-refractivity contribution >= 4 is 17.8 Å². The number of aromatic nitrogens is 1. The number of methoxy groups -OCH3 is 1. The summed E-state index contributed by atoms with van der Waals surface area (Å²) in [6.45, 7) is 1.37. The normalized spacial score (nSPS) is 14.6. The Bertz CT molecular complexity index is 862. The number of likely N-dealkylation sites (tertiary alicyclic amines) is 1. The van der Waals surface area contributed by atoms with Crippen LogP contribution in [0.2, 0.25) is 0 Å². The molecule has 0 bridgehead atoms. The van der Waals surface area contributed by atoms with Gasteiger partial charge in [0.15, 0.2) is 0 Å². The standard InChI is InChI=1S/C23H27N3O4/c1-30-21(27)13-12-20(23(29)26-15-5-2-6-16-26)25-22(28)18-10-8-17(9-11-18)19-7-3-4-14-24-19/h3-4,7-11,14,20H,2,5-6,12-13,15-16H2,1H3,(H,25,28)/t20-/m0/s1. The molecule has 0 saturated carbocycles. The van der Waals surface area contributed by atoms with Crippen LogP contribution in [0.25, 0.3) is 11.3 Å². The van der Waals surface area contributed by atoms with Crippen LogP contribution in [0.1, 0.15) is 42.5 Å². The monoisotopic (exact) mass is 409 g/mol. The molecule has 7 nitrogen and oxygen atoms in total. The number of ether oxygens (including phenoxy) is 1. The summed E-state index contributed by atoms with van der Waals surface area (Å²) in [5, 5.41) is 2.82. The number of rotatable bonds is 7. The molecule has 1 fully saturated rings. The summed E-state index contributed by atoms with van der Waals surface area (Å²) < 4.78 is 4.69. The minimum atomic E-state index is -0.759. The summed E-state index contributed by atoms with van der Waals surface area (Å²) in [5.74, 6) is -0.889. The molecule has 1 N–H and O–H groups in total. The van der Waals surface area contributed by atoms with Gasteiger partial charge in [0, 0.05) is 36.8 Å². The highest BCUT2D eigenvalue weighted by atomic mass is 16.5. The Morgan fingerprint density at radius 1 is 1.07 bits per heavy atom. The second-order valence-electron chi connectivity index (χ2n) is 7.32. The molecule has 1 aromatic heterocycles. The molecule has 1 aromatic carbocycles. The van der Waals surface area contributed by atoms with Crippen molar-refractivity contribution in [3.63, 3.8) is 0 Å². The Morgan fingerprint density at radius 3 is 2.43 bits per heavy atom. The van der Waals surface area contributed by atoms with Gasteiger partial charge in [0.2, 0.25) is 5.91 Å². The van der Waals surface area contributed by atoms with Gasteiger partial charge in [-0.3, -0.25) is 19.4 Å². The largest absolute Gasteiger partial charge is 0.469 e. The number of carbonyl (C=O) groups is 3. The van der Waals surface area contributed by atoms with Crippen molar-refractivity contribution in [1.29, 1.82) is 0 Å². The van der Waals surface area contributed by atoms with Gasteiger partial charge in [0.25, 0.3) is 5.91 Å². The highest BCUT2D eigenvalue weighted by Crippen LogP contribution is 2.17. The first-order valence-electron chi connectivity index (χ1n) is 10.3. The number of nitrogens with zero attached hydrogens (tertiary/aromatic N) is 2. The third kappa shape index (κ3) is 5.65. The molecule has 1 aliphatic heterocycles. The summed E-state index contributed by atoms with van der Waals surface area (Å²) in [6, 6.07) is 12.0. The van der Waals surface area contributed by atoms with Crippen LogP contribution in [0.15, 0.2) is 48.7 Å². The van der Waals surface area contributed by atoms with Crippen molar-refractivity contribution in [1.82, 2.24) is 15.2 Å². The van der Waals surface area contributed by atoms with Crippen LogP contribution >= 0.6 is 0 Å². The Hall–Kier alpha value is -3.22. The zero-order chi connectivity index (χ0) is 21.3. The first-order chi connectivity index (χ1) is 14.6. The quantitative estimate of drug-likeness (QED) is 0.711. The smallest absolute Gasteiger partial charge is 0.305 e. The number of piperidine rings is 1. The zero-order valence-electron chi connectivity index (χ0n) is 17.2. The minimum absolute atomic E-state index is 0.0691. The van der Waals surface area contributed by atoms with Gasteiger partial charge in [-0.1, -0.05) is 18.2 Å². The Morgan fingerprint density at radius 2 is 1.80 bits per heavy atom. The predicted octanol–water partition coefficient (Wildman–Crippen LogP) is 2.81. The lowest BCUT2D eigenvalue weighted by atomic mass is 10.0. The fraction of sp³-hybridized carbons (Fsp3) is 0.391. The molecule has 0 aliphatic carbocycles. The van der Waals surface area contributed by atoms with E-state index in [9.17, 15) is 14.4 Å². The van der Waals surface area contributed by atoms with Crippen LogP contribution in [0.4, 0.5) is 0 Å². The maximum absolute atomic E-state index is 13.0. The molecule has 1 aliphatic rings. The number of hydrogen-bond acceptors (Lipinski definition) is 5. The maximum atomic E-state index is 13.0. The number of pyridine rings is 1. The van der Waals surface area contributed by atoms with Crippen LogP contribution in [-0.4, -0.2) is 53.9 Å². The number of nitrogens with one attached hydrogen (secondary N) is 1. The molecular formula is C23H27N3O4. The van der Waals surface area contributed by atoms with E-state index in [1.807, 2.05) is 30.3 Å².